The maximum absolute atomic E-state index is 10.2. The first-order chi connectivity index (χ1) is 16.3. The first-order valence-corrected chi connectivity index (χ1v) is 12.5. The fourth-order valence-electron chi connectivity index (χ4n) is 1.36. The van der Waals surface area contributed by atoms with Crippen molar-refractivity contribution >= 4 is 11.9 Å². The third kappa shape index (κ3) is 112. The van der Waals surface area contributed by atoms with Crippen molar-refractivity contribution in [3.63, 3.8) is 0 Å². The van der Waals surface area contributed by atoms with Gasteiger partial charge in [-0.3, -0.25) is 4.79 Å². The van der Waals surface area contributed by atoms with E-state index in [9.17, 15) is 9.59 Å². The number of hydrogen-bond donors (Lipinski definition) is 2. The number of aliphatic hydroxyl groups is 2. The number of hydrogen-bond acceptors (Lipinski definition) is 6. The Morgan fingerprint density at radius 2 is 1.23 bits per heavy atom. The molecule has 0 fully saturated rings. The zero-order valence-corrected chi connectivity index (χ0v) is 24.1. The average molecular weight is 513 g/mol. The molecule has 0 unspecified atom stereocenters. The molecule has 0 heterocycles. The average Bonchev–Trinajstić information content (AvgIpc) is 2.83. The minimum absolute atomic E-state index is 0. The number of carbonyl (C=O) groups is 2. The lowest BCUT2D eigenvalue weighted by Gasteiger charge is -1.91. The van der Waals surface area contributed by atoms with Crippen LogP contribution in [0.25, 0.3) is 0 Å². The predicted molar refractivity (Wildman–Crippen MR) is 161 cm³/mol. The number of aliphatic hydroxyl groups excluding tert-OH is 2. The Labute approximate surface area is 224 Å². The number of carbonyl (C=O) groups excluding carboxylic acids is 2. The van der Waals surface area contributed by atoms with Crippen LogP contribution in [0.15, 0.2) is 36.5 Å². The summed E-state index contributed by atoms with van der Waals surface area (Å²) in [7, 11) is 2.75. The molecule has 0 radical (unpaired) electrons. The van der Waals surface area contributed by atoms with E-state index in [1.165, 1.54) is 39.6 Å². The van der Waals surface area contributed by atoms with Crippen molar-refractivity contribution in [3.05, 3.63) is 36.5 Å². The zero-order valence-electron chi connectivity index (χ0n) is 24.1. The van der Waals surface area contributed by atoms with Crippen LogP contribution in [0.3, 0.4) is 0 Å². The Hall–Kier alpha value is -1.92. The van der Waals surface area contributed by atoms with Crippen molar-refractivity contribution in [1.29, 1.82) is 0 Å². The van der Waals surface area contributed by atoms with Crippen LogP contribution in [0.4, 0.5) is 0 Å². The van der Waals surface area contributed by atoms with Gasteiger partial charge in [0.2, 0.25) is 0 Å². The van der Waals surface area contributed by atoms with Gasteiger partial charge in [-0.05, 0) is 40.0 Å². The number of methoxy groups -OCH3 is 2. The highest BCUT2D eigenvalue weighted by atomic mass is 16.5. The second-order valence-electron chi connectivity index (χ2n) is 6.51. The summed E-state index contributed by atoms with van der Waals surface area (Å²) in [4.78, 5) is 20.3. The van der Waals surface area contributed by atoms with Crippen molar-refractivity contribution in [2.24, 2.45) is 0 Å². The maximum atomic E-state index is 10.2. The Balaban J connectivity index is -0.0000000305. The van der Waals surface area contributed by atoms with Gasteiger partial charge < -0.3 is 19.7 Å². The topological polar surface area (TPSA) is 93.1 Å². The normalized spacial score (nSPS) is 8.80. The highest BCUT2D eigenvalue weighted by molar-refractivity contribution is 5.81. The molecule has 0 aromatic heterocycles. The summed E-state index contributed by atoms with van der Waals surface area (Å²) in [6.07, 6.45) is 19.3. The Kier molecular flexibility index (Phi) is 90.9. The lowest BCUT2D eigenvalue weighted by molar-refractivity contribution is -0.140. The van der Waals surface area contributed by atoms with Gasteiger partial charge in [-0.15, -0.1) is 0 Å². The molecule has 0 aromatic rings. The highest BCUT2D eigenvalue weighted by Gasteiger charge is 1.92. The quantitative estimate of drug-likeness (QED) is 0.182. The van der Waals surface area contributed by atoms with Crippen LogP contribution < -0.4 is 0 Å². The van der Waals surface area contributed by atoms with Gasteiger partial charge in [0.05, 0.1) is 20.8 Å². The van der Waals surface area contributed by atoms with Gasteiger partial charge in [0.25, 0.3) is 0 Å². The van der Waals surface area contributed by atoms with Crippen LogP contribution in [0.2, 0.25) is 0 Å². The van der Waals surface area contributed by atoms with Gasteiger partial charge in [-0.2, -0.15) is 0 Å². The van der Waals surface area contributed by atoms with E-state index in [0.717, 1.165) is 25.7 Å². The standard InChI is InChI=1S/C5H10O2.C5H8O2.C5H12.C5H10.C4H10O.C4H8O.CH4.3H2/c2*1-3-4-5(6)7-2;2*1-3-5-4-2;2*1-2-3-4-5;;;;/h3-4H2,1-2H3;3-4H,1-2H3;3-5H2,1-2H3;3,5H,4H2,1-2H3;5H,2-4H2,1H3;2-3,5H,4H2,1H3;1H4;3*1H/b;4-3+;;5-3+;;3-2+;;;;. The van der Waals surface area contributed by atoms with Gasteiger partial charge in [-0.1, -0.05) is 98.1 Å². The molecule has 0 amide bonds. The lowest BCUT2D eigenvalue weighted by atomic mass is 10.3. The molecule has 0 aliphatic heterocycles. The van der Waals surface area contributed by atoms with Gasteiger partial charge in [0.1, 0.15) is 0 Å². The molecule has 6 heteroatoms. The van der Waals surface area contributed by atoms with Crippen molar-refractivity contribution in [2.75, 3.05) is 27.4 Å². The summed E-state index contributed by atoms with van der Waals surface area (Å²) < 4.78 is 8.62. The SMILES string of the molecule is C.C/C=C/C(=O)OC.C/C=C/CC.C/C=C/CO.CCCC(=O)OC.CCCCC.CCCCO.[HH].[HH].[HH]. The molecule has 2 N–H and O–H groups in total. The minimum atomic E-state index is -0.303. The first-order valence-electron chi connectivity index (χ1n) is 12.5. The lowest BCUT2D eigenvalue weighted by Crippen LogP contribution is -1.97. The first kappa shape index (κ1) is 50.1. The minimum Gasteiger partial charge on any atom is -0.469 e. The van der Waals surface area contributed by atoms with Gasteiger partial charge in [0, 0.05) is 23.4 Å². The van der Waals surface area contributed by atoms with Crippen LogP contribution in [0.5, 0.6) is 0 Å². The number of allylic oxidation sites excluding steroid dienone is 4. The van der Waals surface area contributed by atoms with E-state index in [-0.39, 0.29) is 30.3 Å². The van der Waals surface area contributed by atoms with Crippen LogP contribution in [0.1, 0.15) is 118 Å². The fourth-order valence-corrected chi connectivity index (χ4v) is 1.36. The molecular weight excluding hydrogens is 444 g/mol. The molecule has 0 bridgehead atoms. The predicted octanol–water partition coefficient (Wildman–Crippen LogP) is 8.57. The van der Waals surface area contributed by atoms with Crippen molar-refractivity contribution in [1.82, 2.24) is 0 Å². The molecule has 0 saturated carbocycles. The van der Waals surface area contributed by atoms with Crippen LogP contribution in [-0.2, 0) is 19.1 Å². The van der Waals surface area contributed by atoms with Crippen LogP contribution in [0, 0.1) is 0 Å². The third-order valence-electron chi connectivity index (χ3n) is 3.22. The summed E-state index contributed by atoms with van der Waals surface area (Å²) in [5, 5.41) is 16.0. The summed E-state index contributed by atoms with van der Waals surface area (Å²) in [5.74, 6) is -0.426. The largest absolute Gasteiger partial charge is 0.469 e. The smallest absolute Gasteiger partial charge is 0.330 e. The van der Waals surface area contributed by atoms with E-state index in [1.54, 1.807) is 25.2 Å². The van der Waals surface area contributed by atoms with E-state index >= 15 is 0 Å². The number of esters is 2. The zero-order chi connectivity index (χ0) is 27.9. The summed E-state index contributed by atoms with van der Waals surface area (Å²) in [5.41, 5.74) is 0. The number of rotatable bonds is 9. The van der Waals surface area contributed by atoms with Crippen LogP contribution in [-0.4, -0.2) is 49.6 Å². The van der Waals surface area contributed by atoms with Crippen LogP contribution >= 0.6 is 0 Å². The molecule has 35 heavy (non-hydrogen) atoms. The Morgan fingerprint density at radius 1 is 0.743 bits per heavy atom. The molecule has 0 rings (SSSR count). The molecule has 0 aliphatic carbocycles. The number of ether oxygens (including phenoxy) is 2. The van der Waals surface area contributed by atoms with E-state index in [4.69, 9.17) is 10.2 Å². The Morgan fingerprint density at radius 3 is 1.29 bits per heavy atom. The van der Waals surface area contributed by atoms with E-state index in [0.29, 0.717) is 13.0 Å². The molecule has 6 nitrogen and oxygen atoms in total. The van der Waals surface area contributed by atoms with Crippen molar-refractivity contribution in [2.45, 2.75) is 114 Å². The molecule has 0 spiro atoms. The van der Waals surface area contributed by atoms with Crippen molar-refractivity contribution < 1.29 is 33.6 Å². The molecule has 0 atom stereocenters. The molecule has 220 valence electrons. The van der Waals surface area contributed by atoms with Gasteiger partial charge in [0.15, 0.2) is 0 Å². The van der Waals surface area contributed by atoms with Gasteiger partial charge in [-0.25, -0.2) is 4.79 Å². The maximum Gasteiger partial charge on any atom is 0.330 e. The second-order valence-corrected chi connectivity index (χ2v) is 6.51. The number of unbranched alkanes of at least 4 members (excludes halogenated alkanes) is 3. The van der Waals surface area contributed by atoms with Gasteiger partial charge >= 0.3 is 11.9 Å². The van der Waals surface area contributed by atoms with E-state index < -0.39 is 0 Å². The fraction of sp³-hybridized carbons (Fsp3) is 0.724. The third-order valence-corrected chi connectivity index (χ3v) is 3.22. The van der Waals surface area contributed by atoms with E-state index in [2.05, 4.69) is 49.3 Å². The monoisotopic (exact) mass is 513 g/mol. The molecule has 0 aliphatic rings. The summed E-state index contributed by atoms with van der Waals surface area (Å²) in [6, 6.07) is 0. The highest BCUT2D eigenvalue weighted by Crippen LogP contribution is 1.88. The summed E-state index contributed by atoms with van der Waals surface area (Å²) >= 11 is 0. The molecular formula is C29H68O6. The van der Waals surface area contributed by atoms with Crippen molar-refractivity contribution in [3.8, 4) is 0 Å². The Bertz CT molecular complexity index is 409. The second kappa shape index (κ2) is 63.6. The van der Waals surface area contributed by atoms with E-state index in [1.807, 2.05) is 20.8 Å². The molecule has 0 saturated heterocycles. The summed E-state index contributed by atoms with van der Waals surface area (Å²) in [6.45, 7) is 16.7. The molecule has 0 aromatic carbocycles.